The normalized spacial score (nSPS) is 15.5. The van der Waals surface area contributed by atoms with Crippen LogP contribution in [0.15, 0.2) is 35.8 Å². The lowest BCUT2D eigenvalue weighted by Gasteiger charge is -2.40. The first-order chi connectivity index (χ1) is 16.0. The highest BCUT2D eigenvalue weighted by molar-refractivity contribution is 7.15. The van der Waals surface area contributed by atoms with Crippen molar-refractivity contribution in [1.82, 2.24) is 24.6 Å². The number of nitrogens with one attached hydrogen (secondary N) is 1. The van der Waals surface area contributed by atoms with Crippen LogP contribution in [0.25, 0.3) is 15.4 Å². The van der Waals surface area contributed by atoms with Crippen LogP contribution in [0.5, 0.6) is 5.75 Å². The molecule has 0 saturated carbocycles. The number of hydrogen-bond acceptors (Lipinski definition) is 7. The van der Waals surface area contributed by atoms with E-state index in [1.54, 1.807) is 16.4 Å². The van der Waals surface area contributed by atoms with Crippen molar-refractivity contribution < 1.29 is 14.3 Å². The molecule has 0 radical (unpaired) electrons. The first kappa shape index (κ1) is 21.6. The number of benzene rings is 1. The van der Waals surface area contributed by atoms with Crippen molar-refractivity contribution in [2.45, 2.75) is 26.3 Å². The molecule has 33 heavy (non-hydrogen) atoms. The van der Waals surface area contributed by atoms with Crippen LogP contribution >= 0.6 is 22.7 Å². The van der Waals surface area contributed by atoms with Gasteiger partial charge in [-0.05, 0) is 38.0 Å². The fourth-order valence-electron chi connectivity index (χ4n) is 4.05. The predicted octanol–water partition coefficient (Wildman–Crippen LogP) is 3.79. The lowest BCUT2D eigenvalue weighted by molar-refractivity contribution is 0.0451. The maximum absolute atomic E-state index is 13.4. The van der Waals surface area contributed by atoms with Crippen molar-refractivity contribution in [3.8, 4) is 16.2 Å². The molecule has 1 N–H and O–H groups in total. The second-order valence-corrected chi connectivity index (χ2v) is 9.97. The number of carbonyl (C=O) groups is 2. The SMILES string of the molecule is COc1cccc(-c2sc(C)nc2C(=O)N2CC[C@@H]2CNC(=O)c2c(C)nc3sccn23)c1. The van der Waals surface area contributed by atoms with E-state index in [2.05, 4.69) is 15.3 Å². The fraction of sp³-hybridized carbons (Fsp3) is 0.304. The number of likely N-dealkylation sites (tertiary alicyclic amines) is 1. The van der Waals surface area contributed by atoms with E-state index in [0.29, 0.717) is 30.2 Å². The highest BCUT2D eigenvalue weighted by Crippen LogP contribution is 2.34. The Morgan fingerprint density at radius 2 is 2.12 bits per heavy atom. The summed E-state index contributed by atoms with van der Waals surface area (Å²) in [6.07, 6.45) is 2.68. The van der Waals surface area contributed by atoms with Gasteiger partial charge >= 0.3 is 0 Å². The molecule has 1 aliphatic rings. The van der Waals surface area contributed by atoms with E-state index in [0.717, 1.165) is 32.6 Å². The Morgan fingerprint density at radius 3 is 2.88 bits per heavy atom. The van der Waals surface area contributed by atoms with Crippen LogP contribution in [-0.4, -0.2) is 57.3 Å². The number of carbonyl (C=O) groups excluding carboxylic acids is 2. The van der Waals surface area contributed by atoms with E-state index in [-0.39, 0.29) is 17.9 Å². The van der Waals surface area contributed by atoms with E-state index >= 15 is 0 Å². The molecule has 0 bridgehead atoms. The molecule has 8 nitrogen and oxygen atoms in total. The minimum absolute atomic E-state index is 0.0622. The molecule has 1 atom stereocenters. The third kappa shape index (κ3) is 3.89. The van der Waals surface area contributed by atoms with Gasteiger partial charge in [-0.2, -0.15) is 0 Å². The van der Waals surface area contributed by atoms with Gasteiger partial charge in [0, 0.05) is 24.7 Å². The van der Waals surface area contributed by atoms with Crippen molar-refractivity contribution in [3.63, 3.8) is 0 Å². The van der Waals surface area contributed by atoms with Gasteiger partial charge in [-0.3, -0.25) is 14.0 Å². The van der Waals surface area contributed by atoms with E-state index in [1.807, 2.05) is 49.7 Å². The number of imidazole rings is 1. The topological polar surface area (TPSA) is 88.8 Å². The fourth-order valence-corrected chi connectivity index (χ4v) is 5.72. The molecule has 10 heteroatoms. The van der Waals surface area contributed by atoms with E-state index in [1.165, 1.54) is 22.7 Å². The Morgan fingerprint density at radius 1 is 1.27 bits per heavy atom. The molecular formula is C23H23N5O3S2. The van der Waals surface area contributed by atoms with Gasteiger partial charge in [0.05, 0.1) is 28.7 Å². The van der Waals surface area contributed by atoms with Crippen molar-refractivity contribution in [2.24, 2.45) is 0 Å². The van der Waals surface area contributed by atoms with Crippen molar-refractivity contribution in [2.75, 3.05) is 20.2 Å². The molecule has 4 heterocycles. The number of rotatable bonds is 6. The number of nitrogens with zero attached hydrogens (tertiary/aromatic N) is 4. The average molecular weight is 482 g/mol. The molecule has 3 aromatic heterocycles. The minimum atomic E-state index is -0.181. The first-order valence-corrected chi connectivity index (χ1v) is 12.3. The number of aromatic nitrogens is 3. The number of thiazole rings is 2. The Labute approximate surface area is 198 Å². The maximum atomic E-state index is 13.4. The average Bonchev–Trinajstić information content (AvgIpc) is 3.47. The second-order valence-electron chi connectivity index (χ2n) is 7.90. The van der Waals surface area contributed by atoms with Crippen LogP contribution in [-0.2, 0) is 0 Å². The highest BCUT2D eigenvalue weighted by atomic mass is 32.1. The summed E-state index contributed by atoms with van der Waals surface area (Å²) >= 11 is 2.99. The van der Waals surface area contributed by atoms with Gasteiger partial charge < -0.3 is 15.0 Å². The zero-order chi connectivity index (χ0) is 23.1. The molecule has 170 valence electrons. The van der Waals surface area contributed by atoms with Gasteiger partial charge in [0.2, 0.25) is 0 Å². The van der Waals surface area contributed by atoms with Crippen LogP contribution in [0, 0.1) is 13.8 Å². The number of methoxy groups -OCH3 is 1. The summed E-state index contributed by atoms with van der Waals surface area (Å²) in [7, 11) is 1.62. The molecule has 1 aliphatic heterocycles. The van der Waals surface area contributed by atoms with Crippen LogP contribution in [0.4, 0.5) is 0 Å². The van der Waals surface area contributed by atoms with Gasteiger partial charge in [-0.15, -0.1) is 22.7 Å². The third-order valence-corrected chi connectivity index (χ3v) is 7.60. The lowest BCUT2D eigenvalue weighted by atomic mass is 10.0. The standard InChI is InChI=1S/C23H23N5O3S2/c1-13-19(28-9-10-32-23(28)25-13)21(29)24-12-16-7-8-27(16)22(30)18-20(33-14(2)26-18)15-5-4-6-17(11-15)31-3/h4-6,9-11,16H,7-8,12H2,1-3H3,(H,24,29)/t16-/m1/s1. The quantitative estimate of drug-likeness (QED) is 0.453. The summed E-state index contributed by atoms with van der Waals surface area (Å²) in [5, 5.41) is 5.72. The van der Waals surface area contributed by atoms with Crippen molar-refractivity contribution in [1.29, 1.82) is 0 Å². The smallest absolute Gasteiger partial charge is 0.274 e. The van der Waals surface area contributed by atoms with E-state index in [4.69, 9.17) is 4.74 Å². The zero-order valence-corrected chi connectivity index (χ0v) is 20.1. The Kier molecular flexibility index (Phi) is 5.63. The molecular weight excluding hydrogens is 458 g/mol. The molecule has 1 fully saturated rings. The summed E-state index contributed by atoms with van der Waals surface area (Å²) in [6, 6.07) is 7.59. The summed E-state index contributed by atoms with van der Waals surface area (Å²) in [5.41, 5.74) is 2.60. The first-order valence-electron chi connectivity index (χ1n) is 10.6. The van der Waals surface area contributed by atoms with Gasteiger partial charge in [-0.1, -0.05) is 12.1 Å². The Bertz CT molecular complexity index is 1360. The number of fused-ring (bicyclic) bond motifs is 1. The number of hydrogen-bond donors (Lipinski definition) is 1. The third-order valence-electron chi connectivity index (χ3n) is 5.82. The molecule has 4 aromatic rings. The van der Waals surface area contributed by atoms with Gasteiger partial charge in [0.15, 0.2) is 4.96 Å². The van der Waals surface area contributed by atoms with Crippen LogP contribution in [0.3, 0.4) is 0 Å². The molecule has 1 aromatic carbocycles. The van der Waals surface area contributed by atoms with Gasteiger partial charge in [0.1, 0.15) is 17.1 Å². The molecule has 1 saturated heterocycles. The lowest BCUT2D eigenvalue weighted by Crippen LogP contribution is -2.56. The zero-order valence-electron chi connectivity index (χ0n) is 18.5. The molecule has 0 unspecified atom stereocenters. The van der Waals surface area contributed by atoms with Gasteiger partial charge in [0.25, 0.3) is 11.8 Å². The van der Waals surface area contributed by atoms with Gasteiger partial charge in [-0.25, -0.2) is 9.97 Å². The highest BCUT2D eigenvalue weighted by Gasteiger charge is 2.35. The molecule has 0 aliphatic carbocycles. The summed E-state index contributed by atoms with van der Waals surface area (Å²) in [6.45, 7) is 4.77. The second kappa shape index (κ2) is 8.60. The molecule has 2 amide bonds. The predicted molar refractivity (Wildman–Crippen MR) is 128 cm³/mol. The van der Waals surface area contributed by atoms with Crippen molar-refractivity contribution >= 4 is 39.4 Å². The molecule has 5 rings (SSSR count). The van der Waals surface area contributed by atoms with Crippen LogP contribution < -0.4 is 10.1 Å². The Balaban J connectivity index is 1.31. The number of aryl methyl sites for hydroxylation is 2. The molecule has 0 spiro atoms. The number of amides is 2. The maximum Gasteiger partial charge on any atom is 0.274 e. The summed E-state index contributed by atoms with van der Waals surface area (Å²) < 4.78 is 7.14. The Hall–Kier alpha value is -3.24. The van der Waals surface area contributed by atoms with E-state index < -0.39 is 0 Å². The summed E-state index contributed by atoms with van der Waals surface area (Å²) in [5.74, 6) is 0.444. The van der Waals surface area contributed by atoms with Crippen LogP contribution in [0.2, 0.25) is 0 Å². The largest absolute Gasteiger partial charge is 0.497 e. The van der Waals surface area contributed by atoms with E-state index in [9.17, 15) is 9.59 Å². The number of ether oxygens (including phenoxy) is 1. The van der Waals surface area contributed by atoms with Crippen LogP contribution in [0.1, 0.15) is 38.1 Å². The summed E-state index contributed by atoms with van der Waals surface area (Å²) in [4.78, 5) is 38.6. The van der Waals surface area contributed by atoms with Crippen molar-refractivity contribution in [3.05, 3.63) is 57.9 Å². The monoisotopic (exact) mass is 481 g/mol. The minimum Gasteiger partial charge on any atom is -0.497 e.